The van der Waals surface area contributed by atoms with E-state index >= 15 is 0 Å². The molecular weight excluding hydrogens is 305 g/mol. The molecule has 1 rings (SSSR count). The van der Waals surface area contributed by atoms with E-state index in [4.69, 9.17) is 9.99 Å². The van der Waals surface area contributed by atoms with E-state index < -0.39 is 41.1 Å². The summed E-state index contributed by atoms with van der Waals surface area (Å²) in [6, 6.07) is 0. The Labute approximate surface area is 117 Å². The summed E-state index contributed by atoms with van der Waals surface area (Å²) in [4.78, 5) is 11.7. The molecule has 0 heterocycles. The summed E-state index contributed by atoms with van der Waals surface area (Å²) in [5.74, 6) is -1.56. The third-order valence-corrected chi connectivity index (χ3v) is 3.89. The van der Waals surface area contributed by atoms with Crippen LogP contribution in [-0.4, -0.2) is 39.5 Å². The molecule has 0 aromatic carbocycles. The molecule has 1 aliphatic rings. The van der Waals surface area contributed by atoms with Crippen LogP contribution in [0.1, 0.15) is 32.6 Å². The minimum absolute atomic E-state index is 0.0989. The van der Waals surface area contributed by atoms with Gasteiger partial charge in [0, 0.05) is 6.42 Å². The number of ether oxygens (including phenoxy) is 1. The predicted octanol–water partition coefficient (Wildman–Crippen LogP) is 2.22. The molecule has 1 saturated carbocycles. The van der Waals surface area contributed by atoms with Crippen molar-refractivity contribution in [1.82, 2.24) is 0 Å². The number of aliphatic hydroxyl groups excluding tert-OH is 1. The van der Waals surface area contributed by atoms with Gasteiger partial charge >= 0.3 is 12.1 Å². The minimum Gasteiger partial charge on any atom is -0.461 e. The van der Waals surface area contributed by atoms with Crippen molar-refractivity contribution in [2.75, 3.05) is 0 Å². The van der Waals surface area contributed by atoms with E-state index in [0.717, 1.165) is 0 Å². The second kappa shape index (κ2) is 6.94. The smallest absolute Gasteiger partial charge is 0.415 e. The fourth-order valence-electron chi connectivity index (χ4n) is 1.77. The van der Waals surface area contributed by atoms with Gasteiger partial charge in [-0.1, -0.05) is 5.04 Å². The number of aliphatic hydroxyl groups is 1. The molecule has 6 nitrogen and oxygen atoms in total. The highest BCUT2D eigenvalue weighted by Gasteiger charge is 2.61. The van der Waals surface area contributed by atoms with E-state index in [1.807, 2.05) is 0 Å². The number of alkyl halides is 3. The topological polar surface area (TPSA) is 85.2 Å². The van der Waals surface area contributed by atoms with Gasteiger partial charge in [0.05, 0.1) is 18.1 Å². The van der Waals surface area contributed by atoms with Crippen LogP contribution in [0.4, 0.5) is 13.2 Å². The Bertz CT molecular complexity index is 339. The Hall–Kier alpha value is -0.550. The summed E-state index contributed by atoms with van der Waals surface area (Å²) < 4.78 is 44.3. The molecular formula is C10H15F3O6S. The summed E-state index contributed by atoms with van der Waals surface area (Å²) in [6.45, 7) is 0.554. The molecule has 0 bridgehead atoms. The van der Waals surface area contributed by atoms with Crippen molar-refractivity contribution in [3.63, 3.8) is 0 Å². The molecule has 118 valence electrons. The molecule has 0 radical (unpaired) electrons. The number of halogens is 3. The summed E-state index contributed by atoms with van der Waals surface area (Å²) in [7, 11) is 0. The first-order valence-corrected chi connectivity index (χ1v) is 6.56. The van der Waals surface area contributed by atoms with E-state index in [-0.39, 0.29) is 6.42 Å². The Kier molecular flexibility index (Phi) is 6.07. The highest BCUT2D eigenvalue weighted by atomic mass is 32.2. The van der Waals surface area contributed by atoms with E-state index in [9.17, 15) is 23.1 Å². The zero-order valence-corrected chi connectivity index (χ0v) is 11.4. The van der Waals surface area contributed by atoms with Crippen LogP contribution in [0.5, 0.6) is 0 Å². The summed E-state index contributed by atoms with van der Waals surface area (Å²) in [6.07, 6.45) is -4.86. The highest BCUT2D eigenvalue weighted by Crippen LogP contribution is 2.43. The van der Waals surface area contributed by atoms with Crippen molar-refractivity contribution in [3.05, 3.63) is 0 Å². The number of carbonyl (C=O) groups excluding carboxylic acids is 1. The SMILES string of the molecule is CC(SOOO)(C(=O)OC1CCCC(O)C1)C(F)(F)F. The van der Waals surface area contributed by atoms with Crippen LogP contribution >= 0.6 is 12.0 Å². The molecule has 1 fully saturated rings. The van der Waals surface area contributed by atoms with Crippen molar-refractivity contribution in [1.29, 1.82) is 0 Å². The molecule has 0 spiro atoms. The summed E-state index contributed by atoms with van der Waals surface area (Å²) in [5, 5.41) is 20.4. The highest BCUT2D eigenvalue weighted by molar-refractivity contribution is 7.96. The normalized spacial score (nSPS) is 26.9. The molecule has 0 aliphatic heterocycles. The van der Waals surface area contributed by atoms with E-state index in [1.54, 1.807) is 0 Å². The molecule has 1 aliphatic carbocycles. The van der Waals surface area contributed by atoms with Gasteiger partial charge in [-0.2, -0.15) is 13.2 Å². The number of hydrogen-bond donors (Lipinski definition) is 2. The quantitative estimate of drug-likeness (QED) is 0.348. The zero-order valence-electron chi connectivity index (χ0n) is 10.6. The van der Waals surface area contributed by atoms with Crippen LogP contribution in [0.3, 0.4) is 0 Å². The first-order valence-electron chi connectivity index (χ1n) is 5.82. The third-order valence-electron chi connectivity index (χ3n) is 3.03. The van der Waals surface area contributed by atoms with Crippen LogP contribution in [0.25, 0.3) is 0 Å². The number of hydrogen-bond acceptors (Lipinski definition) is 7. The zero-order chi connectivity index (χ0) is 15.4. The molecule has 0 saturated heterocycles. The molecule has 3 unspecified atom stereocenters. The second-order valence-electron chi connectivity index (χ2n) is 4.60. The fourth-order valence-corrected chi connectivity index (χ4v) is 2.15. The van der Waals surface area contributed by atoms with Gasteiger partial charge in [-0.25, -0.2) is 5.26 Å². The first-order chi connectivity index (χ1) is 9.20. The average molecular weight is 320 g/mol. The largest absolute Gasteiger partial charge is 0.461 e. The van der Waals surface area contributed by atoms with Crippen molar-refractivity contribution in [2.24, 2.45) is 0 Å². The van der Waals surface area contributed by atoms with E-state index in [0.29, 0.717) is 26.2 Å². The van der Waals surface area contributed by atoms with Crippen LogP contribution < -0.4 is 0 Å². The monoisotopic (exact) mass is 320 g/mol. The van der Waals surface area contributed by atoms with Gasteiger partial charge in [0.2, 0.25) is 4.75 Å². The van der Waals surface area contributed by atoms with Gasteiger partial charge in [0.1, 0.15) is 6.10 Å². The van der Waals surface area contributed by atoms with Gasteiger partial charge < -0.3 is 9.84 Å². The molecule has 0 amide bonds. The van der Waals surface area contributed by atoms with Gasteiger partial charge in [-0.15, -0.1) is 4.33 Å². The maximum atomic E-state index is 12.9. The average Bonchev–Trinajstić information content (AvgIpc) is 2.34. The lowest BCUT2D eigenvalue weighted by Crippen LogP contribution is -2.49. The van der Waals surface area contributed by atoms with Gasteiger partial charge in [-0.05, 0) is 26.2 Å². The summed E-state index contributed by atoms with van der Waals surface area (Å²) in [5.41, 5.74) is 0. The Balaban J connectivity index is 2.73. The maximum absolute atomic E-state index is 12.9. The van der Waals surface area contributed by atoms with Crippen molar-refractivity contribution >= 4 is 18.0 Å². The van der Waals surface area contributed by atoms with Gasteiger partial charge in [-0.3, -0.25) is 4.79 Å². The summed E-state index contributed by atoms with van der Waals surface area (Å²) >= 11 is -0.406. The van der Waals surface area contributed by atoms with Crippen molar-refractivity contribution in [3.8, 4) is 0 Å². The number of esters is 1. The lowest BCUT2D eigenvalue weighted by molar-refractivity contribution is -0.433. The van der Waals surface area contributed by atoms with Gasteiger partial charge in [0.25, 0.3) is 0 Å². The lowest BCUT2D eigenvalue weighted by Gasteiger charge is -2.31. The van der Waals surface area contributed by atoms with E-state index in [1.165, 1.54) is 0 Å². The molecule has 2 N–H and O–H groups in total. The van der Waals surface area contributed by atoms with Crippen LogP contribution in [0, 0.1) is 0 Å². The number of rotatable bonds is 5. The molecule has 10 heteroatoms. The molecule has 3 atom stereocenters. The Morgan fingerprint density at radius 3 is 2.50 bits per heavy atom. The van der Waals surface area contributed by atoms with Crippen LogP contribution in [0.15, 0.2) is 0 Å². The van der Waals surface area contributed by atoms with Crippen LogP contribution in [-0.2, 0) is 18.9 Å². The van der Waals surface area contributed by atoms with Gasteiger partial charge in [0.15, 0.2) is 0 Å². The van der Waals surface area contributed by atoms with Crippen LogP contribution in [0.2, 0.25) is 0 Å². The molecule has 20 heavy (non-hydrogen) atoms. The Morgan fingerprint density at radius 2 is 2.00 bits per heavy atom. The second-order valence-corrected chi connectivity index (χ2v) is 5.72. The lowest BCUT2D eigenvalue weighted by atomic mass is 9.95. The third kappa shape index (κ3) is 4.22. The fraction of sp³-hybridized carbons (Fsp3) is 0.900. The maximum Gasteiger partial charge on any atom is 0.415 e. The predicted molar refractivity (Wildman–Crippen MR) is 61.2 cm³/mol. The van der Waals surface area contributed by atoms with Crippen molar-refractivity contribution in [2.45, 2.75) is 55.7 Å². The minimum atomic E-state index is -4.97. The molecule has 0 aromatic rings. The Morgan fingerprint density at radius 1 is 1.35 bits per heavy atom. The molecule has 0 aromatic heterocycles. The van der Waals surface area contributed by atoms with E-state index in [2.05, 4.69) is 9.37 Å². The standard InChI is InChI=1S/C10H15F3O6S/c1-9(10(11,12)13,20-19-18-16)8(15)17-7-4-2-3-6(14)5-7/h6-7,14,16H,2-5H2,1H3. The van der Waals surface area contributed by atoms with Crippen molar-refractivity contribution < 1.29 is 42.4 Å². The first kappa shape index (κ1) is 17.5. The number of carbonyl (C=O) groups is 1.